The van der Waals surface area contributed by atoms with Crippen LogP contribution < -0.4 is 10.5 Å². The summed E-state index contributed by atoms with van der Waals surface area (Å²) < 4.78 is 6.71. The second kappa shape index (κ2) is 4.14. The number of hydrogen-bond donors (Lipinski definition) is 1. The SMILES string of the molecule is Nc1nc(OCC2CC2)c2cc(Br)ccc2n1. The van der Waals surface area contributed by atoms with Crippen LogP contribution in [0.2, 0.25) is 0 Å². The number of nitrogens with two attached hydrogens (primary N) is 1. The highest BCUT2D eigenvalue weighted by atomic mass is 79.9. The van der Waals surface area contributed by atoms with Gasteiger partial charge in [-0.25, -0.2) is 4.98 Å². The maximum atomic E-state index is 5.73. The maximum Gasteiger partial charge on any atom is 0.226 e. The molecule has 0 radical (unpaired) electrons. The van der Waals surface area contributed by atoms with E-state index < -0.39 is 0 Å². The van der Waals surface area contributed by atoms with Crippen LogP contribution in [0.25, 0.3) is 10.9 Å². The summed E-state index contributed by atoms with van der Waals surface area (Å²) in [5.74, 6) is 1.53. The Morgan fingerprint density at radius 2 is 2.18 bits per heavy atom. The third-order valence-corrected chi connectivity index (χ3v) is 3.29. The van der Waals surface area contributed by atoms with Crippen LogP contribution in [0.5, 0.6) is 5.88 Å². The summed E-state index contributed by atoms with van der Waals surface area (Å²) in [4.78, 5) is 8.35. The first-order chi connectivity index (χ1) is 8.22. The van der Waals surface area contributed by atoms with Gasteiger partial charge < -0.3 is 10.5 Å². The predicted octanol–water partition coefficient (Wildman–Crippen LogP) is 2.76. The van der Waals surface area contributed by atoms with Gasteiger partial charge >= 0.3 is 0 Å². The Morgan fingerprint density at radius 3 is 2.94 bits per heavy atom. The molecule has 0 aliphatic heterocycles. The van der Waals surface area contributed by atoms with Crippen LogP contribution in [-0.4, -0.2) is 16.6 Å². The summed E-state index contributed by atoms with van der Waals surface area (Å²) in [5, 5.41) is 0.897. The van der Waals surface area contributed by atoms with Crippen LogP contribution in [0.1, 0.15) is 12.8 Å². The molecule has 0 saturated heterocycles. The minimum atomic E-state index is 0.255. The van der Waals surface area contributed by atoms with E-state index in [0.29, 0.717) is 11.8 Å². The highest BCUT2D eigenvalue weighted by molar-refractivity contribution is 9.10. The zero-order chi connectivity index (χ0) is 11.8. The van der Waals surface area contributed by atoms with Crippen molar-refractivity contribution in [3.05, 3.63) is 22.7 Å². The average molecular weight is 294 g/mol. The van der Waals surface area contributed by atoms with Gasteiger partial charge in [0.05, 0.1) is 17.5 Å². The molecule has 5 heteroatoms. The fourth-order valence-corrected chi connectivity index (χ4v) is 2.04. The molecule has 1 saturated carbocycles. The minimum Gasteiger partial charge on any atom is -0.477 e. The lowest BCUT2D eigenvalue weighted by molar-refractivity contribution is 0.292. The number of nitrogen functional groups attached to an aromatic ring is 1. The number of halogens is 1. The Kier molecular flexibility index (Phi) is 2.63. The fraction of sp³-hybridized carbons (Fsp3) is 0.333. The van der Waals surface area contributed by atoms with Crippen molar-refractivity contribution >= 4 is 32.8 Å². The molecule has 0 spiro atoms. The van der Waals surface area contributed by atoms with E-state index >= 15 is 0 Å². The normalized spacial score (nSPS) is 15.1. The molecule has 1 aromatic carbocycles. The Morgan fingerprint density at radius 1 is 1.35 bits per heavy atom. The third kappa shape index (κ3) is 2.34. The molecule has 17 heavy (non-hydrogen) atoms. The van der Waals surface area contributed by atoms with Crippen molar-refractivity contribution in [2.75, 3.05) is 12.3 Å². The minimum absolute atomic E-state index is 0.255. The second-order valence-electron chi connectivity index (χ2n) is 4.30. The number of benzene rings is 1. The van der Waals surface area contributed by atoms with Crippen LogP contribution in [0.4, 0.5) is 5.95 Å². The van der Waals surface area contributed by atoms with Crippen LogP contribution in [0, 0.1) is 5.92 Å². The van der Waals surface area contributed by atoms with Gasteiger partial charge in [0, 0.05) is 4.47 Å². The van der Waals surface area contributed by atoms with E-state index in [2.05, 4.69) is 25.9 Å². The number of nitrogens with zero attached hydrogens (tertiary/aromatic N) is 2. The summed E-state index contributed by atoms with van der Waals surface area (Å²) in [6.07, 6.45) is 2.50. The summed E-state index contributed by atoms with van der Waals surface area (Å²) in [5.41, 5.74) is 6.48. The van der Waals surface area contributed by atoms with Gasteiger partial charge in [-0.15, -0.1) is 0 Å². The lowest BCUT2D eigenvalue weighted by Gasteiger charge is -2.08. The molecule has 88 valence electrons. The molecule has 2 N–H and O–H groups in total. The summed E-state index contributed by atoms with van der Waals surface area (Å²) in [7, 11) is 0. The second-order valence-corrected chi connectivity index (χ2v) is 5.22. The number of fused-ring (bicyclic) bond motifs is 1. The molecule has 1 aromatic heterocycles. The maximum absolute atomic E-state index is 5.73. The Hall–Kier alpha value is -1.36. The number of anilines is 1. The fourth-order valence-electron chi connectivity index (χ4n) is 1.68. The first-order valence-electron chi connectivity index (χ1n) is 5.58. The smallest absolute Gasteiger partial charge is 0.226 e. The molecule has 0 amide bonds. The van der Waals surface area contributed by atoms with E-state index in [1.165, 1.54) is 12.8 Å². The molecule has 1 aliphatic carbocycles. The molecular formula is C12H12BrN3O. The van der Waals surface area contributed by atoms with Crippen molar-refractivity contribution in [2.24, 2.45) is 5.92 Å². The van der Waals surface area contributed by atoms with Gasteiger partial charge in [-0.1, -0.05) is 15.9 Å². The zero-order valence-electron chi connectivity index (χ0n) is 9.19. The van der Waals surface area contributed by atoms with Crippen molar-refractivity contribution in [1.29, 1.82) is 0 Å². The number of aromatic nitrogens is 2. The van der Waals surface area contributed by atoms with Gasteiger partial charge in [0.1, 0.15) is 0 Å². The largest absolute Gasteiger partial charge is 0.477 e. The van der Waals surface area contributed by atoms with Crippen molar-refractivity contribution < 1.29 is 4.74 Å². The molecule has 1 aliphatic rings. The van der Waals surface area contributed by atoms with Gasteiger partial charge in [0.15, 0.2) is 0 Å². The van der Waals surface area contributed by atoms with E-state index in [1.54, 1.807) is 0 Å². The van der Waals surface area contributed by atoms with E-state index in [9.17, 15) is 0 Å². The zero-order valence-corrected chi connectivity index (χ0v) is 10.8. The summed E-state index contributed by atoms with van der Waals surface area (Å²) >= 11 is 3.44. The van der Waals surface area contributed by atoms with Crippen molar-refractivity contribution in [2.45, 2.75) is 12.8 Å². The van der Waals surface area contributed by atoms with E-state index in [0.717, 1.165) is 22.0 Å². The molecule has 0 atom stereocenters. The van der Waals surface area contributed by atoms with Crippen LogP contribution in [0.3, 0.4) is 0 Å². The number of rotatable bonds is 3. The predicted molar refractivity (Wildman–Crippen MR) is 69.9 cm³/mol. The van der Waals surface area contributed by atoms with Gasteiger partial charge in [-0.2, -0.15) is 4.98 Å². The molecule has 0 unspecified atom stereocenters. The molecule has 3 rings (SSSR count). The van der Waals surface area contributed by atoms with Gasteiger partial charge in [-0.3, -0.25) is 0 Å². The van der Waals surface area contributed by atoms with E-state index in [-0.39, 0.29) is 5.95 Å². The van der Waals surface area contributed by atoms with E-state index in [1.807, 2.05) is 18.2 Å². The molecule has 4 nitrogen and oxygen atoms in total. The first-order valence-corrected chi connectivity index (χ1v) is 6.37. The monoisotopic (exact) mass is 293 g/mol. The molecule has 0 bridgehead atoms. The van der Waals surface area contributed by atoms with Crippen LogP contribution in [-0.2, 0) is 0 Å². The van der Waals surface area contributed by atoms with E-state index in [4.69, 9.17) is 10.5 Å². The Bertz CT molecular complexity index is 569. The lowest BCUT2D eigenvalue weighted by Crippen LogP contribution is -2.04. The van der Waals surface area contributed by atoms with Crippen LogP contribution in [0.15, 0.2) is 22.7 Å². The summed E-state index contributed by atoms with van der Waals surface area (Å²) in [6.45, 7) is 0.720. The third-order valence-electron chi connectivity index (χ3n) is 2.79. The highest BCUT2D eigenvalue weighted by Crippen LogP contribution is 2.31. The summed E-state index contributed by atoms with van der Waals surface area (Å²) in [6, 6.07) is 5.79. The standard InChI is InChI=1S/C12H12BrN3O/c13-8-3-4-10-9(5-8)11(16-12(14)15-10)17-6-7-1-2-7/h3-5,7H,1-2,6H2,(H2,14,15,16). The van der Waals surface area contributed by atoms with Crippen LogP contribution >= 0.6 is 15.9 Å². The topological polar surface area (TPSA) is 61.0 Å². The van der Waals surface area contributed by atoms with Gasteiger partial charge in [0.25, 0.3) is 0 Å². The van der Waals surface area contributed by atoms with Crippen molar-refractivity contribution in [3.63, 3.8) is 0 Å². The van der Waals surface area contributed by atoms with Crippen molar-refractivity contribution in [3.8, 4) is 5.88 Å². The highest BCUT2D eigenvalue weighted by Gasteiger charge is 2.22. The number of ether oxygens (including phenoxy) is 1. The molecule has 1 fully saturated rings. The Labute approximate surface area is 107 Å². The van der Waals surface area contributed by atoms with Gasteiger partial charge in [-0.05, 0) is 37.0 Å². The molecular weight excluding hydrogens is 282 g/mol. The molecule has 1 heterocycles. The lowest BCUT2D eigenvalue weighted by atomic mass is 10.2. The quantitative estimate of drug-likeness (QED) is 0.945. The Balaban J connectivity index is 2.02. The van der Waals surface area contributed by atoms with Crippen molar-refractivity contribution in [1.82, 2.24) is 9.97 Å². The number of hydrogen-bond acceptors (Lipinski definition) is 4. The molecule has 2 aromatic rings. The average Bonchev–Trinajstić information content (AvgIpc) is 3.10. The first kappa shape index (κ1) is 10.8. The van der Waals surface area contributed by atoms with Gasteiger partial charge in [0.2, 0.25) is 11.8 Å².